The van der Waals surface area contributed by atoms with E-state index in [4.69, 9.17) is 4.74 Å². The summed E-state index contributed by atoms with van der Waals surface area (Å²) in [6.07, 6.45) is 0. The van der Waals surface area contributed by atoms with E-state index in [9.17, 15) is 10.1 Å². The molecule has 0 amide bonds. The molecular weight excluding hydrogens is 326 g/mol. The van der Waals surface area contributed by atoms with Crippen molar-refractivity contribution in [1.29, 1.82) is 0 Å². The summed E-state index contributed by atoms with van der Waals surface area (Å²) in [5.74, 6) is 0.571. The van der Waals surface area contributed by atoms with Crippen molar-refractivity contribution in [2.75, 3.05) is 5.32 Å². The van der Waals surface area contributed by atoms with E-state index in [0.717, 1.165) is 16.5 Å². The van der Waals surface area contributed by atoms with Gasteiger partial charge in [-0.05, 0) is 31.2 Å². The first-order valence-electron chi connectivity index (χ1n) is 7.25. The molecule has 0 radical (unpaired) electrons. The van der Waals surface area contributed by atoms with Gasteiger partial charge in [-0.2, -0.15) is 0 Å². The number of aromatic nitrogens is 1. The van der Waals surface area contributed by atoms with Crippen LogP contribution in [-0.2, 0) is 6.61 Å². The molecule has 0 aliphatic rings. The van der Waals surface area contributed by atoms with Gasteiger partial charge in [-0.3, -0.25) is 10.1 Å². The number of ether oxygens (including phenoxy) is 1. The molecule has 6 nitrogen and oxygen atoms in total. The summed E-state index contributed by atoms with van der Waals surface area (Å²) < 4.78 is 5.60. The third-order valence-electron chi connectivity index (χ3n) is 3.29. The Bertz CT molecular complexity index is 829. The van der Waals surface area contributed by atoms with E-state index in [1.54, 1.807) is 12.1 Å². The van der Waals surface area contributed by atoms with Gasteiger partial charge in [0.15, 0.2) is 5.13 Å². The number of nitrogens with zero attached hydrogens (tertiary/aromatic N) is 2. The molecule has 3 aromatic rings. The standard InChI is InChI=1S/C17H15N3O3S/c1-12-2-4-13(5-3-12)18-17-19-14(11-24-17)10-23-16-8-6-15(7-9-16)20(21)22/h2-9,11H,10H2,1H3,(H,18,19). The predicted molar refractivity (Wildman–Crippen MR) is 94.0 cm³/mol. The van der Waals surface area contributed by atoms with Gasteiger partial charge in [0.2, 0.25) is 0 Å². The maximum atomic E-state index is 10.6. The van der Waals surface area contributed by atoms with Gasteiger partial charge >= 0.3 is 0 Å². The molecule has 0 spiro atoms. The van der Waals surface area contributed by atoms with Crippen molar-refractivity contribution in [2.24, 2.45) is 0 Å². The quantitative estimate of drug-likeness (QED) is 0.520. The zero-order valence-electron chi connectivity index (χ0n) is 12.9. The maximum absolute atomic E-state index is 10.6. The lowest BCUT2D eigenvalue weighted by Gasteiger charge is -2.04. The summed E-state index contributed by atoms with van der Waals surface area (Å²) in [5, 5.41) is 16.6. The van der Waals surface area contributed by atoms with Gasteiger partial charge in [-0.15, -0.1) is 11.3 Å². The van der Waals surface area contributed by atoms with Crippen LogP contribution < -0.4 is 10.1 Å². The van der Waals surface area contributed by atoms with Crippen LogP contribution in [0.25, 0.3) is 0 Å². The van der Waals surface area contributed by atoms with Crippen LogP contribution in [0.4, 0.5) is 16.5 Å². The fraction of sp³-hybridized carbons (Fsp3) is 0.118. The minimum atomic E-state index is -0.437. The molecule has 0 aliphatic carbocycles. The molecule has 122 valence electrons. The molecule has 24 heavy (non-hydrogen) atoms. The van der Waals surface area contributed by atoms with E-state index >= 15 is 0 Å². The molecule has 1 N–H and O–H groups in total. The Balaban J connectivity index is 1.57. The van der Waals surface area contributed by atoms with Crippen molar-refractivity contribution in [3.05, 3.63) is 75.3 Å². The normalized spacial score (nSPS) is 10.4. The van der Waals surface area contributed by atoms with Crippen LogP contribution >= 0.6 is 11.3 Å². The number of aryl methyl sites for hydroxylation is 1. The smallest absolute Gasteiger partial charge is 0.269 e. The van der Waals surface area contributed by atoms with E-state index in [2.05, 4.69) is 10.3 Å². The lowest BCUT2D eigenvalue weighted by Crippen LogP contribution is -1.97. The van der Waals surface area contributed by atoms with Crippen LogP contribution in [0.3, 0.4) is 0 Å². The summed E-state index contributed by atoms with van der Waals surface area (Å²) >= 11 is 1.50. The number of rotatable bonds is 6. The van der Waals surface area contributed by atoms with Crippen molar-refractivity contribution in [3.63, 3.8) is 0 Å². The molecular formula is C17H15N3O3S. The number of non-ortho nitro benzene ring substituents is 1. The Kier molecular flexibility index (Phi) is 4.72. The van der Waals surface area contributed by atoms with Gasteiger partial charge in [0.05, 0.1) is 10.6 Å². The number of anilines is 2. The molecule has 1 aromatic heterocycles. The summed E-state index contributed by atoms with van der Waals surface area (Å²) in [6.45, 7) is 2.35. The average molecular weight is 341 g/mol. The molecule has 1 heterocycles. The summed E-state index contributed by atoms with van der Waals surface area (Å²) in [7, 11) is 0. The second-order valence-electron chi connectivity index (χ2n) is 5.17. The zero-order valence-corrected chi connectivity index (χ0v) is 13.7. The van der Waals surface area contributed by atoms with Crippen molar-refractivity contribution in [2.45, 2.75) is 13.5 Å². The van der Waals surface area contributed by atoms with Crippen molar-refractivity contribution >= 4 is 27.8 Å². The van der Waals surface area contributed by atoms with Gasteiger partial charge in [0.1, 0.15) is 12.4 Å². The molecule has 0 atom stereocenters. The zero-order chi connectivity index (χ0) is 16.9. The van der Waals surface area contributed by atoms with E-state index in [0.29, 0.717) is 12.4 Å². The van der Waals surface area contributed by atoms with Crippen LogP contribution in [0, 0.1) is 17.0 Å². The molecule has 7 heteroatoms. The molecule has 0 saturated carbocycles. The van der Waals surface area contributed by atoms with Gasteiger partial charge in [0, 0.05) is 23.2 Å². The fourth-order valence-corrected chi connectivity index (χ4v) is 2.73. The third kappa shape index (κ3) is 4.08. The van der Waals surface area contributed by atoms with Crippen LogP contribution in [-0.4, -0.2) is 9.91 Å². The molecule has 0 aliphatic heterocycles. The summed E-state index contributed by atoms with van der Waals surface area (Å²) in [5.41, 5.74) is 3.03. The van der Waals surface area contributed by atoms with E-state index in [1.165, 1.54) is 29.0 Å². The lowest BCUT2D eigenvalue weighted by atomic mass is 10.2. The minimum absolute atomic E-state index is 0.0422. The van der Waals surface area contributed by atoms with Crippen molar-refractivity contribution < 1.29 is 9.66 Å². The number of hydrogen-bond acceptors (Lipinski definition) is 6. The predicted octanol–water partition coefficient (Wildman–Crippen LogP) is 4.68. The number of nitrogens with one attached hydrogen (secondary N) is 1. The number of nitro groups is 1. The molecule has 2 aromatic carbocycles. The number of benzene rings is 2. The SMILES string of the molecule is Cc1ccc(Nc2nc(COc3ccc([N+](=O)[O-])cc3)cs2)cc1. The van der Waals surface area contributed by atoms with Crippen LogP contribution in [0.1, 0.15) is 11.3 Å². The highest BCUT2D eigenvalue weighted by Crippen LogP contribution is 2.23. The largest absolute Gasteiger partial charge is 0.487 e. The summed E-state index contributed by atoms with van der Waals surface area (Å²) in [4.78, 5) is 14.6. The van der Waals surface area contributed by atoms with Gasteiger partial charge in [-0.1, -0.05) is 17.7 Å². The van der Waals surface area contributed by atoms with Crippen molar-refractivity contribution in [1.82, 2.24) is 4.98 Å². The Morgan fingerprint density at radius 2 is 1.88 bits per heavy atom. The Labute approximate surface area is 142 Å². The Hall–Kier alpha value is -2.93. The highest BCUT2D eigenvalue weighted by atomic mass is 32.1. The molecule has 0 bridgehead atoms. The van der Waals surface area contributed by atoms with Crippen LogP contribution in [0.5, 0.6) is 5.75 Å². The molecule has 0 saturated heterocycles. The lowest BCUT2D eigenvalue weighted by molar-refractivity contribution is -0.384. The minimum Gasteiger partial charge on any atom is -0.487 e. The van der Waals surface area contributed by atoms with E-state index in [-0.39, 0.29) is 5.69 Å². The first kappa shape index (κ1) is 15.9. The molecule has 3 rings (SSSR count). The number of hydrogen-bond donors (Lipinski definition) is 1. The van der Waals surface area contributed by atoms with Gasteiger partial charge < -0.3 is 10.1 Å². The first-order valence-corrected chi connectivity index (χ1v) is 8.13. The average Bonchev–Trinajstić information content (AvgIpc) is 3.03. The third-order valence-corrected chi connectivity index (χ3v) is 4.10. The monoisotopic (exact) mass is 341 g/mol. The van der Waals surface area contributed by atoms with Crippen LogP contribution in [0.15, 0.2) is 53.9 Å². The highest BCUT2D eigenvalue weighted by Gasteiger charge is 2.06. The Morgan fingerprint density at radius 3 is 2.54 bits per heavy atom. The second kappa shape index (κ2) is 7.10. The fourth-order valence-electron chi connectivity index (χ4n) is 2.01. The highest BCUT2D eigenvalue weighted by molar-refractivity contribution is 7.13. The number of nitro benzene ring substituents is 1. The number of thiazole rings is 1. The van der Waals surface area contributed by atoms with Crippen molar-refractivity contribution in [3.8, 4) is 5.75 Å². The van der Waals surface area contributed by atoms with Gasteiger partial charge in [-0.25, -0.2) is 4.98 Å². The van der Waals surface area contributed by atoms with E-state index in [1.807, 2.05) is 36.6 Å². The first-order chi connectivity index (χ1) is 11.6. The van der Waals surface area contributed by atoms with Gasteiger partial charge in [0.25, 0.3) is 5.69 Å². The van der Waals surface area contributed by atoms with Crippen LogP contribution in [0.2, 0.25) is 0 Å². The van der Waals surface area contributed by atoms with E-state index < -0.39 is 4.92 Å². The second-order valence-corrected chi connectivity index (χ2v) is 6.03. The Morgan fingerprint density at radius 1 is 1.17 bits per heavy atom. The maximum Gasteiger partial charge on any atom is 0.269 e. The topological polar surface area (TPSA) is 77.3 Å². The molecule has 0 unspecified atom stereocenters. The summed E-state index contributed by atoms with van der Waals surface area (Å²) in [6, 6.07) is 14.1. The molecule has 0 fully saturated rings.